The van der Waals surface area contributed by atoms with Crippen molar-refractivity contribution in [2.75, 3.05) is 0 Å². The fourth-order valence-corrected chi connectivity index (χ4v) is 1.76. The van der Waals surface area contributed by atoms with Gasteiger partial charge in [0.05, 0.1) is 5.69 Å². The lowest BCUT2D eigenvalue weighted by atomic mass is 10.1. The van der Waals surface area contributed by atoms with E-state index in [0.29, 0.717) is 0 Å². The highest BCUT2D eigenvalue weighted by Crippen LogP contribution is 2.18. The Morgan fingerprint density at radius 1 is 1.22 bits per heavy atom. The van der Waals surface area contributed by atoms with E-state index in [9.17, 15) is 0 Å². The third-order valence-corrected chi connectivity index (χ3v) is 2.75. The van der Waals surface area contributed by atoms with Crippen LogP contribution in [0.25, 0.3) is 11.3 Å². The standard InChI is InChI=1S/C15H21N3/c1-11-6-5-7-12(8-11)14-9-13(17-18-14)10-16-15(2,3)4/h5-9,16H,10H2,1-4H3,(H,17,18). The Kier molecular flexibility index (Phi) is 3.53. The molecule has 0 aliphatic carbocycles. The quantitative estimate of drug-likeness (QED) is 0.868. The maximum atomic E-state index is 4.36. The predicted octanol–water partition coefficient (Wildman–Crippen LogP) is 3.27. The Balaban J connectivity index is 2.11. The van der Waals surface area contributed by atoms with Gasteiger partial charge in [-0.15, -0.1) is 0 Å². The van der Waals surface area contributed by atoms with E-state index in [2.05, 4.69) is 73.5 Å². The van der Waals surface area contributed by atoms with E-state index in [4.69, 9.17) is 0 Å². The van der Waals surface area contributed by atoms with Crippen LogP contribution in [-0.4, -0.2) is 15.7 Å². The molecule has 3 heteroatoms. The van der Waals surface area contributed by atoms with Crippen LogP contribution < -0.4 is 5.32 Å². The van der Waals surface area contributed by atoms with Gasteiger partial charge in [-0.3, -0.25) is 5.10 Å². The van der Waals surface area contributed by atoms with E-state index < -0.39 is 0 Å². The van der Waals surface area contributed by atoms with E-state index in [-0.39, 0.29) is 5.54 Å². The topological polar surface area (TPSA) is 40.7 Å². The second-order valence-corrected chi connectivity index (χ2v) is 5.75. The van der Waals surface area contributed by atoms with Crippen LogP contribution in [0.4, 0.5) is 0 Å². The fourth-order valence-electron chi connectivity index (χ4n) is 1.76. The summed E-state index contributed by atoms with van der Waals surface area (Å²) in [6, 6.07) is 10.5. The summed E-state index contributed by atoms with van der Waals surface area (Å²) in [5, 5.41) is 10.9. The Morgan fingerprint density at radius 2 is 2.00 bits per heavy atom. The molecule has 2 rings (SSSR count). The molecule has 0 saturated carbocycles. The van der Waals surface area contributed by atoms with E-state index in [0.717, 1.165) is 23.5 Å². The average Bonchev–Trinajstić information content (AvgIpc) is 2.74. The van der Waals surface area contributed by atoms with Crippen molar-refractivity contribution in [2.45, 2.75) is 39.8 Å². The van der Waals surface area contributed by atoms with Gasteiger partial charge < -0.3 is 5.32 Å². The van der Waals surface area contributed by atoms with Gasteiger partial charge in [0, 0.05) is 23.3 Å². The molecule has 18 heavy (non-hydrogen) atoms. The van der Waals surface area contributed by atoms with Crippen molar-refractivity contribution in [3.05, 3.63) is 41.6 Å². The van der Waals surface area contributed by atoms with Gasteiger partial charge >= 0.3 is 0 Å². The maximum Gasteiger partial charge on any atom is 0.0924 e. The monoisotopic (exact) mass is 243 g/mol. The first-order valence-corrected chi connectivity index (χ1v) is 6.30. The van der Waals surface area contributed by atoms with Gasteiger partial charge in [-0.05, 0) is 39.8 Å². The second kappa shape index (κ2) is 4.94. The van der Waals surface area contributed by atoms with Gasteiger partial charge in [-0.1, -0.05) is 23.8 Å². The minimum absolute atomic E-state index is 0.120. The normalized spacial score (nSPS) is 11.8. The number of hydrogen-bond donors (Lipinski definition) is 2. The van der Waals surface area contributed by atoms with Crippen LogP contribution in [0.15, 0.2) is 30.3 Å². The Labute approximate surface area is 109 Å². The molecule has 0 fully saturated rings. The van der Waals surface area contributed by atoms with Crippen molar-refractivity contribution in [1.29, 1.82) is 0 Å². The van der Waals surface area contributed by atoms with Crippen molar-refractivity contribution in [3.8, 4) is 11.3 Å². The number of benzene rings is 1. The molecule has 0 bridgehead atoms. The Bertz CT molecular complexity index is 521. The molecule has 0 aliphatic rings. The Morgan fingerprint density at radius 3 is 2.67 bits per heavy atom. The number of aromatic nitrogens is 2. The van der Waals surface area contributed by atoms with Crippen molar-refractivity contribution in [3.63, 3.8) is 0 Å². The predicted molar refractivity (Wildman–Crippen MR) is 75.4 cm³/mol. The molecule has 96 valence electrons. The van der Waals surface area contributed by atoms with Crippen LogP contribution in [0.5, 0.6) is 0 Å². The van der Waals surface area contributed by atoms with E-state index in [1.165, 1.54) is 5.56 Å². The summed E-state index contributed by atoms with van der Waals surface area (Å²) >= 11 is 0. The number of rotatable bonds is 3. The number of H-pyrrole nitrogens is 1. The average molecular weight is 243 g/mol. The number of nitrogens with zero attached hydrogens (tertiary/aromatic N) is 1. The molecule has 2 aromatic rings. The molecule has 1 aromatic carbocycles. The summed E-state index contributed by atoms with van der Waals surface area (Å²) in [4.78, 5) is 0. The van der Waals surface area contributed by atoms with Gasteiger partial charge in [0.2, 0.25) is 0 Å². The SMILES string of the molecule is Cc1cccc(-c2cc(CNC(C)(C)C)[nH]n2)c1. The summed E-state index contributed by atoms with van der Waals surface area (Å²) in [5.41, 5.74) is 4.65. The second-order valence-electron chi connectivity index (χ2n) is 5.75. The van der Waals surface area contributed by atoms with Crippen molar-refractivity contribution >= 4 is 0 Å². The molecule has 0 aliphatic heterocycles. The molecular weight excluding hydrogens is 222 g/mol. The summed E-state index contributed by atoms with van der Waals surface area (Å²) in [6.07, 6.45) is 0. The Hall–Kier alpha value is -1.61. The van der Waals surface area contributed by atoms with Gasteiger partial charge in [0.1, 0.15) is 0 Å². The third-order valence-electron chi connectivity index (χ3n) is 2.75. The summed E-state index contributed by atoms with van der Waals surface area (Å²) in [6.45, 7) is 9.38. The van der Waals surface area contributed by atoms with Crippen LogP contribution in [-0.2, 0) is 6.54 Å². The number of aromatic amines is 1. The van der Waals surface area contributed by atoms with E-state index >= 15 is 0 Å². The largest absolute Gasteiger partial charge is 0.306 e. The molecule has 2 N–H and O–H groups in total. The van der Waals surface area contributed by atoms with Crippen molar-refractivity contribution in [1.82, 2.24) is 15.5 Å². The third kappa shape index (κ3) is 3.44. The van der Waals surface area contributed by atoms with Crippen LogP contribution in [0.1, 0.15) is 32.0 Å². The zero-order valence-electron chi connectivity index (χ0n) is 11.5. The lowest BCUT2D eigenvalue weighted by molar-refractivity contribution is 0.421. The van der Waals surface area contributed by atoms with Gasteiger partial charge in [-0.2, -0.15) is 5.10 Å². The van der Waals surface area contributed by atoms with Gasteiger partial charge in [-0.25, -0.2) is 0 Å². The van der Waals surface area contributed by atoms with Gasteiger partial charge in [0.25, 0.3) is 0 Å². The zero-order valence-corrected chi connectivity index (χ0v) is 11.5. The molecule has 0 spiro atoms. The lowest BCUT2D eigenvalue weighted by Crippen LogP contribution is -2.35. The lowest BCUT2D eigenvalue weighted by Gasteiger charge is -2.19. The van der Waals surface area contributed by atoms with Crippen LogP contribution in [0.2, 0.25) is 0 Å². The molecule has 0 saturated heterocycles. The summed E-state index contributed by atoms with van der Waals surface area (Å²) < 4.78 is 0. The molecular formula is C15H21N3. The molecule has 3 nitrogen and oxygen atoms in total. The minimum Gasteiger partial charge on any atom is -0.306 e. The molecule has 0 unspecified atom stereocenters. The molecule has 0 amide bonds. The first-order valence-electron chi connectivity index (χ1n) is 6.30. The number of hydrogen-bond acceptors (Lipinski definition) is 2. The van der Waals surface area contributed by atoms with Crippen molar-refractivity contribution in [2.24, 2.45) is 0 Å². The molecule has 1 heterocycles. The number of aryl methyl sites for hydroxylation is 1. The summed E-state index contributed by atoms with van der Waals surface area (Å²) in [7, 11) is 0. The van der Waals surface area contributed by atoms with E-state index in [1.807, 2.05) is 0 Å². The maximum absolute atomic E-state index is 4.36. The van der Waals surface area contributed by atoms with Crippen LogP contribution in [0, 0.1) is 6.92 Å². The van der Waals surface area contributed by atoms with E-state index in [1.54, 1.807) is 0 Å². The summed E-state index contributed by atoms with van der Waals surface area (Å²) in [5.74, 6) is 0. The zero-order chi connectivity index (χ0) is 13.2. The molecule has 1 aromatic heterocycles. The van der Waals surface area contributed by atoms with Crippen molar-refractivity contribution < 1.29 is 0 Å². The van der Waals surface area contributed by atoms with Crippen LogP contribution in [0.3, 0.4) is 0 Å². The first-order chi connectivity index (χ1) is 8.44. The fraction of sp³-hybridized carbons (Fsp3) is 0.400. The first kappa shape index (κ1) is 12.8. The molecule has 0 radical (unpaired) electrons. The van der Waals surface area contributed by atoms with Crippen LogP contribution >= 0.6 is 0 Å². The van der Waals surface area contributed by atoms with Gasteiger partial charge in [0.15, 0.2) is 0 Å². The molecule has 0 atom stereocenters. The minimum atomic E-state index is 0.120. The smallest absolute Gasteiger partial charge is 0.0924 e. The highest BCUT2D eigenvalue weighted by molar-refractivity contribution is 5.60. The highest BCUT2D eigenvalue weighted by Gasteiger charge is 2.10. The highest BCUT2D eigenvalue weighted by atomic mass is 15.1. The number of nitrogens with one attached hydrogen (secondary N) is 2.